The number of rotatable bonds is 2. The Morgan fingerprint density at radius 3 is 2.73 bits per heavy atom. The van der Waals surface area contributed by atoms with Crippen molar-refractivity contribution in [2.75, 3.05) is 0 Å². The molecule has 1 aromatic carbocycles. The van der Waals surface area contributed by atoms with Gasteiger partial charge in [-0.15, -0.1) is 0 Å². The molecule has 0 unspecified atom stereocenters. The van der Waals surface area contributed by atoms with Gasteiger partial charge >= 0.3 is 0 Å². The topological polar surface area (TPSA) is 34.9 Å². The zero-order chi connectivity index (χ0) is 15.9. The summed E-state index contributed by atoms with van der Waals surface area (Å²) in [5, 5.41) is 0.253. The van der Waals surface area contributed by atoms with E-state index in [1.165, 1.54) is 10.6 Å². The van der Waals surface area contributed by atoms with Gasteiger partial charge in [-0.2, -0.15) is 0 Å². The van der Waals surface area contributed by atoms with Gasteiger partial charge in [0.2, 0.25) is 0 Å². The first-order chi connectivity index (χ1) is 10.5. The van der Waals surface area contributed by atoms with Crippen molar-refractivity contribution in [3.63, 3.8) is 0 Å². The van der Waals surface area contributed by atoms with Crippen LogP contribution in [0.25, 0.3) is 22.2 Å². The van der Waals surface area contributed by atoms with Crippen LogP contribution in [0.4, 0.5) is 4.39 Å². The number of aromatic nitrogens is 2. The average molecular weight is 294 g/mol. The molecule has 0 radical (unpaired) electrons. The summed E-state index contributed by atoms with van der Waals surface area (Å²) >= 11 is 0. The molecule has 0 atom stereocenters. The van der Waals surface area contributed by atoms with Gasteiger partial charge in [-0.3, -0.25) is 14.3 Å². The number of hydrogen-bond acceptors (Lipinski definition) is 2. The minimum Gasteiger partial charge on any atom is -0.283 e. The number of nitrogens with zero attached hydrogens (tertiary/aromatic N) is 2. The third-order valence-electron chi connectivity index (χ3n) is 3.65. The fourth-order valence-corrected chi connectivity index (χ4v) is 2.52. The SMILES string of the molecule is C=C(C)c1cn(-c2ccccc2C)c(=O)c2cc(F)cnc12. The molecule has 0 aliphatic heterocycles. The Balaban J connectivity index is 2.47. The van der Waals surface area contributed by atoms with Crippen LogP contribution in [0, 0.1) is 12.7 Å². The molecule has 4 heteroatoms. The Morgan fingerprint density at radius 2 is 2.05 bits per heavy atom. The summed E-state index contributed by atoms with van der Waals surface area (Å²) in [6, 6.07) is 8.79. The first-order valence-corrected chi connectivity index (χ1v) is 6.92. The van der Waals surface area contributed by atoms with E-state index in [9.17, 15) is 9.18 Å². The van der Waals surface area contributed by atoms with E-state index < -0.39 is 5.82 Å². The lowest BCUT2D eigenvalue weighted by atomic mass is 10.1. The Morgan fingerprint density at radius 1 is 1.32 bits per heavy atom. The molecule has 22 heavy (non-hydrogen) atoms. The van der Waals surface area contributed by atoms with E-state index in [4.69, 9.17) is 0 Å². The van der Waals surface area contributed by atoms with Gasteiger partial charge in [0.05, 0.1) is 22.8 Å². The van der Waals surface area contributed by atoms with Gasteiger partial charge in [-0.1, -0.05) is 24.8 Å². The second-order valence-corrected chi connectivity index (χ2v) is 5.33. The van der Waals surface area contributed by atoms with Crippen molar-refractivity contribution in [1.82, 2.24) is 9.55 Å². The number of aryl methyl sites for hydroxylation is 1. The fraction of sp³-hybridized carbons (Fsp3) is 0.111. The van der Waals surface area contributed by atoms with Gasteiger partial charge in [0.25, 0.3) is 5.56 Å². The van der Waals surface area contributed by atoms with E-state index in [1.807, 2.05) is 38.1 Å². The lowest BCUT2D eigenvalue weighted by Crippen LogP contribution is -2.20. The van der Waals surface area contributed by atoms with E-state index in [-0.39, 0.29) is 10.9 Å². The lowest BCUT2D eigenvalue weighted by molar-refractivity contribution is 0.624. The van der Waals surface area contributed by atoms with Crippen LogP contribution in [0.2, 0.25) is 0 Å². The summed E-state index contributed by atoms with van der Waals surface area (Å²) in [5.41, 5.74) is 3.41. The van der Waals surface area contributed by atoms with Crippen molar-refractivity contribution in [1.29, 1.82) is 0 Å². The van der Waals surface area contributed by atoms with Crippen LogP contribution in [-0.2, 0) is 0 Å². The molecule has 0 fully saturated rings. The molecule has 0 N–H and O–H groups in total. The van der Waals surface area contributed by atoms with E-state index in [0.29, 0.717) is 5.52 Å². The molecule has 0 saturated carbocycles. The standard InChI is InChI=1S/C18H15FN2O/c1-11(2)15-10-21(16-7-5-4-6-12(16)3)18(22)14-8-13(19)9-20-17(14)15/h4-10H,1H2,2-3H3. The molecule has 0 aliphatic rings. The van der Waals surface area contributed by atoms with Crippen LogP contribution < -0.4 is 5.56 Å². The summed E-state index contributed by atoms with van der Waals surface area (Å²) in [5.74, 6) is -0.528. The average Bonchev–Trinajstić information content (AvgIpc) is 2.49. The van der Waals surface area contributed by atoms with E-state index in [2.05, 4.69) is 11.6 Å². The first-order valence-electron chi connectivity index (χ1n) is 6.92. The molecule has 0 amide bonds. The number of halogens is 1. The summed E-state index contributed by atoms with van der Waals surface area (Å²) in [7, 11) is 0. The molecular formula is C18H15FN2O. The molecule has 3 rings (SSSR count). The van der Waals surface area contributed by atoms with E-state index in [1.54, 1.807) is 6.20 Å². The van der Waals surface area contributed by atoms with Gasteiger partial charge in [0, 0.05) is 11.8 Å². The van der Waals surface area contributed by atoms with Crippen molar-refractivity contribution in [3.8, 4) is 5.69 Å². The van der Waals surface area contributed by atoms with Crippen molar-refractivity contribution < 1.29 is 4.39 Å². The first kappa shape index (κ1) is 14.2. The van der Waals surface area contributed by atoms with E-state index in [0.717, 1.165) is 28.6 Å². The minimum atomic E-state index is -0.528. The highest BCUT2D eigenvalue weighted by Crippen LogP contribution is 2.22. The van der Waals surface area contributed by atoms with Crippen LogP contribution in [0.15, 0.2) is 54.1 Å². The maximum atomic E-state index is 13.5. The van der Waals surface area contributed by atoms with Crippen LogP contribution in [-0.4, -0.2) is 9.55 Å². The number of fused-ring (bicyclic) bond motifs is 1. The zero-order valence-electron chi connectivity index (χ0n) is 12.4. The Bertz CT molecular complexity index is 957. The maximum Gasteiger partial charge on any atom is 0.264 e. The normalized spacial score (nSPS) is 10.9. The van der Waals surface area contributed by atoms with Crippen LogP contribution >= 0.6 is 0 Å². The van der Waals surface area contributed by atoms with Crippen molar-refractivity contribution in [2.45, 2.75) is 13.8 Å². The molecule has 0 aliphatic carbocycles. The number of para-hydroxylation sites is 1. The fourth-order valence-electron chi connectivity index (χ4n) is 2.52. The van der Waals surface area contributed by atoms with Gasteiger partial charge in [0.1, 0.15) is 5.82 Å². The summed E-state index contributed by atoms with van der Waals surface area (Å²) in [4.78, 5) is 16.8. The predicted molar refractivity (Wildman–Crippen MR) is 86.7 cm³/mol. The molecule has 110 valence electrons. The smallest absolute Gasteiger partial charge is 0.264 e. The number of hydrogen-bond donors (Lipinski definition) is 0. The lowest BCUT2D eigenvalue weighted by Gasteiger charge is -2.13. The number of allylic oxidation sites excluding steroid dienone is 1. The quantitative estimate of drug-likeness (QED) is 0.719. The molecule has 2 heterocycles. The number of benzene rings is 1. The number of pyridine rings is 2. The Kier molecular flexibility index (Phi) is 3.37. The van der Waals surface area contributed by atoms with Gasteiger partial charge in [0.15, 0.2) is 0 Å². The zero-order valence-corrected chi connectivity index (χ0v) is 12.4. The van der Waals surface area contributed by atoms with Crippen LogP contribution in [0.3, 0.4) is 0 Å². The van der Waals surface area contributed by atoms with Gasteiger partial charge < -0.3 is 0 Å². The largest absolute Gasteiger partial charge is 0.283 e. The molecule has 3 aromatic rings. The molecule has 0 spiro atoms. The minimum absolute atomic E-state index is 0.253. The highest BCUT2D eigenvalue weighted by atomic mass is 19.1. The van der Waals surface area contributed by atoms with Crippen molar-refractivity contribution >= 4 is 16.5 Å². The van der Waals surface area contributed by atoms with Crippen LogP contribution in [0.5, 0.6) is 0 Å². The highest BCUT2D eigenvalue weighted by molar-refractivity contribution is 5.89. The van der Waals surface area contributed by atoms with E-state index >= 15 is 0 Å². The maximum absolute atomic E-state index is 13.5. The second-order valence-electron chi connectivity index (χ2n) is 5.33. The molecular weight excluding hydrogens is 279 g/mol. The van der Waals surface area contributed by atoms with Crippen molar-refractivity contribution in [3.05, 3.63) is 76.6 Å². The molecule has 3 nitrogen and oxygen atoms in total. The molecule has 2 aromatic heterocycles. The third-order valence-corrected chi connectivity index (χ3v) is 3.65. The van der Waals surface area contributed by atoms with Crippen LogP contribution in [0.1, 0.15) is 18.1 Å². The monoisotopic (exact) mass is 294 g/mol. The second kappa shape index (κ2) is 5.22. The van der Waals surface area contributed by atoms with Crippen molar-refractivity contribution in [2.24, 2.45) is 0 Å². The van der Waals surface area contributed by atoms with Gasteiger partial charge in [-0.05, 0) is 37.1 Å². The molecule has 0 saturated heterocycles. The summed E-state index contributed by atoms with van der Waals surface area (Å²) < 4.78 is 15.1. The highest BCUT2D eigenvalue weighted by Gasteiger charge is 2.13. The summed E-state index contributed by atoms with van der Waals surface area (Å²) in [6.07, 6.45) is 2.84. The van der Waals surface area contributed by atoms with Gasteiger partial charge in [-0.25, -0.2) is 4.39 Å². The Labute approximate surface area is 127 Å². The summed E-state index contributed by atoms with van der Waals surface area (Å²) in [6.45, 7) is 7.70. The third kappa shape index (κ3) is 2.22. The molecule has 0 bridgehead atoms. The Hall–Kier alpha value is -2.75. The predicted octanol–water partition coefficient (Wildman–Crippen LogP) is 3.87.